The van der Waals surface area contributed by atoms with Crippen LogP contribution in [-0.2, 0) is 20.8 Å². The minimum absolute atomic E-state index is 0.0570. The number of carbonyl (C=O) groups is 3. The highest BCUT2D eigenvalue weighted by atomic mass is 16.5. The van der Waals surface area contributed by atoms with Gasteiger partial charge in [0.05, 0.1) is 13.5 Å². The first-order valence-electron chi connectivity index (χ1n) is 8.52. The smallest absolute Gasteiger partial charge is 0.322 e. The number of carboxylic acid groups (broad SMARTS) is 1. The molecule has 0 heterocycles. The molecule has 0 aliphatic carbocycles. The average Bonchev–Trinajstić information content (AvgIpc) is 2.66. The second kappa shape index (κ2) is 9.96. The zero-order chi connectivity index (χ0) is 20.5. The van der Waals surface area contributed by atoms with Crippen LogP contribution in [0.4, 0.5) is 5.69 Å². The fraction of sp³-hybridized carbons (Fsp3) is 0.250. The maximum atomic E-state index is 12.0. The Morgan fingerprint density at radius 2 is 1.75 bits per heavy atom. The van der Waals surface area contributed by atoms with Crippen molar-refractivity contribution in [2.24, 2.45) is 0 Å². The van der Waals surface area contributed by atoms with E-state index >= 15 is 0 Å². The van der Waals surface area contributed by atoms with Gasteiger partial charge in [0, 0.05) is 5.69 Å². The Balaban J connectivity index is 1.81. The molecule has 2 aromatic rings. The van der Waals surface area contributed by atoms with Gasteiger partial charge >= 0.3 is 5.97 Å². The number of methoxy groups -OCH3 is 1. The molecule has 28 heavy (non-hydrogen) atoms. The lowest BCUT2D eigenvalue weighted by Gasteiger charge is -2.10. The number of nitrogens with one attached hydrogen (secondary N) is 2. The standard InChI is InChI=1S/C20H22N2O6/c1-13-9-16(7-8-17(13)27-2)28-12-19(24)22-15-5-3-14(4-6-15)10-18(23)21-11-20(25)26/h3-9H,10-12H2,1-2H3,(H,21,23)(H,22,24)(H,25,26). The van der Waals surface area contributed by atoms with Crippen molar-refractivity contribution in [3.05, 3.63) is 53.6 Å². The van der Waals surface area contributed by atoms with Gasteiger partial charge in [-0.25, -0.2) is 0 Å². The summed E-state index contributed by atoms with van der Waals surface area (Å²) in [6.45, 7) is 1.32. The van der Waals surface area contributed by atoms with E-state index in [1.54, 1.807) is 49.6 Å². The molecule has 0 aromatic heterocycles. The van der Waals surface area contributed by atoms with Crippen molar-refractivity contribution >= 4 is 23.5 Å². The summed E-state index contributed by atoms with van der Waals surface area (Å²) in [6, 6.07) is 12.0. The van der Waals surface area contributed by atoms with Crippen LogP contribution in [0, 0.1) is 6.92 Å². The molecule has 8 nitrogen and oxygen atoms in total. The van der Waals surface area contributed by atoms with E-state index in [-0.39, 0.29) is 24.8 Å². The van der Waals surface area contributed by atoms with Crippen molar-refractivity contribution in [1.29, 1.82) is 0 Å². The van der Waals surface area contributed by atoms with E-state index in [1.165, 1.54) is 0 Å². The van der Waals surface area contributed by atoms with Gasteiger partial charge in [0.1, 0.15) is 18.0 Å². The Kier molecular flexibility index (Phi) is 7.38. The highest BCUT2D eigenvalue weighted by Gasteiger charge is 2.08. The number of hydrogen-bond donors (Lipinski definition) is 3. The molecule has 0 aliphatic rings. The molecule has 2 amide bonds. The van der Waals surface area contributed by atoms with E-state index in [1.807, 2.05) is 6.92 Å². The van der Waals surface area contributed by atoms with Crippen LogP contribution in [0.15, 0.2) is 42.5 Å². The zero-order valence-corrected chi connectivity index (χ0v) is 15.7. The molecule has 0 spiro atoms. The minimum Gasteiger partial charge on any atom is -0.496 e. The Morgan fingerprint density at radius 1 is 1.04 bits per heavy atom. The third kappa shape index (κ3) is 6.64. The normalized spacial score (nSPS) is 10.1. The summed E-state index contributed by atoms with van der Waals surface area (Å²) in [4.78, 5) is 34.0. The molecule has 0 aliphatic heterocycles. The van der Waals surface area contributed by atoms with E-state index < -0.39 is 12.5 Å². The van der Waals surface area contributed by atoms with Gasteiger partial charge in [-0.15, -0.1) is 0 Å². The minimum atomic E-state index is -1.10. The second-order valence-corrected chi connectivity index (χ2v) is 6.01. The van der Waals surface area contributed by atoms with Crippen molar-refractivity contribution in [3.8, 4) is 11.5 Å². The van der Waals surface area contributed by atoms with Gasteiger partial charge in [-0.3, -0.25) is 14.4 Å². The van der Waals surface area contributed by atoms with E-state index in [2.05, 4.69) is 10.6 Å². The lowest BCUT2D eigenvalue weighted by molar-refractivity contribution is -0.137. The molecule has 0 atom stereocenters. The summed E-state index contributed by atoms with van der Waals surface area (Å²) < 4.78 is 10.7. The first-order valence-corrected chi connectivity index (χ1v) is 8.52. The molecule has 148 valence electrons. The van der Waals surface area contributed by atoms with Gasteiger partial charge < -0.3 is 25.2 Å². The number of aliphatic carboxylic acids is 1. The fourth-order valence-electron chi connectivity index (χ4n) is 2.41. The topological polar surface area (TPSA) is 114 Å². The van der Waals surface area contributed by atoms with Crippen LogP contribution >= 0.6 is 0 Å². The predicted molar refractivity (Wildman–Crippen MR) is 103 cm³/mol. The first-order chi connectivity index (χ1) is 13.4. The molecular formula is C20H22N2O6. The summed E-state index contributed by atoms with van der Waals surface area (Å²) in [5.41, 5.74) is 2.17. The number of hydrogen-bond acceptors (Lipinski definition) is 5. The molecule has 0 radical (unpaired) electrons. The Labute approximate surface area is 162 Å². The molecule has 3 N–H and O–H groups in total. The monoisotopic (exact) mass is 386 g/mol. The zero-order valence-electron chi connectivity index (χ0n) is 15.7. The molecule has 0 saturated carbocycles. The van der Waals surface area contributed by atoms with E-state index in [0.29, 0.717) is 17.0 Å². The van der Waals surface area contributed by atoms with Crippen molar-refractivity contribution in [3.63, 3.8) is 0 Å². The summed E-state index contributed by atoms with van der Waals surface area (Å²) in [7, 11) is 1.59. The van der Waals surface area contributed by atoms with Crippen LogP contribution in [0.5, 0.6) is 11.5 Å². The summed E-state index contributed by atoms with van der Waals surface area (Å²) in [5.74, 6) is -0.495. The molecule has 8 heteroatoms. The number of carboxylic acids is 1. The number of amides is 2. The van der Waals surface area contributed by atoms with Crippen molar-refractivity contribution in [2.45, 2.75) is 13.3 Å². The molecular weight excluding hydrogens is 364 g/mol. The lowest BCUT2D eigenvalue weighted by atomic mass is 10.1. The number of ether oxygens (including phenoxy) is 2. The van der Waals surface area contributed by atoms with Crippen LogP contribution in [0.3, 0.4) is 0 Å². The van der Waals surface area contributed by atoms with Crippen LogP contribution in [0.2, 0.25) is 0 Å². The van der Waals surface area contributed by atoms with Gasteiger partial charge in [0.25, 0.3) is 5.91 Å². The highest BCUT2D eigenvalue weighted by molar-refractivity contribution is 5.92. The quantitative estimate of drug-likeness (QED) is 0.605. The summed E-state index contributed by atoms with van der Waals surface area (Å²) in [5, 5.41) is 13.5. The van der Waals surface area contributed by atoms with Gasteiger partial charge in [-0.2, -0.15) is 0 Å². The summed E-state index contributed by atoms with van der Waals surface area (Å²) in [6.07, 6.45) is 0.0570. The van der Waals surface area contributed by atoms with Crippen LogP contribution in [-0.4, -0.2) is 43.2 Å². The molecule has 0 unspecified atom stereocenters. The molecule has 0 bridgehead atoms. The van der Waals surface area contributed by atoms with Gasteiger partial charge in [0.2, 0.25) is 5.91 Å². The van der Waals surface area contributed by atoms with Gasteiger partial charge in [-0.1, -0.05) is 12.1 Å². The number of anilines is 1. The van der Waals surface area contributed by atoms with Crippen molar-refractivity contribution in [1.82, 2.24) is 5.32 Å². The maximum absolute atomic E-state index is 12.0. The Morgan fingerprint density at radius 3 is 2.36 bits per heavy atom. The third-order valence-corrected chi connectivity index (χ3v) is 3.78. The van der Waals surface area contributed by atoms with Crippen molar-refractivity contribution < 1.29 is 29.0 Å². The number of aryl methyl sites for hydroxylation is 1. The molecule has 0 fully saturated rings. The lowest BCUT2D eigenvalue weighted by Crippen LogP contribution is -2.30. The fourth-order valence-corrected chi connectivity index (χ4v) is 2.41. The van der Waals surface area contributed by atoms with Crippen LogP contribution < -0.4 is 20.1 Å². The van der Waals surface area contributed by atoms with Crippen LogP contribution in [0.1, 0.15) is 11.1 Å². The average molecular weight is 386 g/mol. The Bertz CT molecular complexity index is 848. The summed E-state index contributed by atoms with van der Waals surface area (Å²) >= 11 is 0. The number of benzene rings is 2. The first kappa shape index (κ1) is 20.8. The Hall–Kier alpha value is -3.55. The number of rotatable bonds is 9. The SMILES string of the molecule is COc1ccc(OCC(=O)Nc2ccc(CC(=O)NCC(=O)O)cc2)cc1C. The number of carbonyl (C=O) groups excluding carboxylic acids is 2. The van der Waals surface area contributed by atoms with E-state index in [4.69, 9.17) is 14.6 Å². The van der Waals surface area contributed by atoms with E-state index in [0.717, 1.165) is 11.3 Å². The highest BCUT2D eigenvalue weighted by Crippen LogP contribution is 2.22. The third-order valence-electron chi connectivity index (χ3n) is 3.78. The van der Waals surface area contributed by atoms with Crippen molar-refractivity contribution in [2.75, 3.05) is 25.6 Å². The largest absolute Gasteiger partial charge is 0.496 e. The second-order valence-electron chi connectivity index (χ2n) is 6.01. The molecule has 2 rings (SSSR count). The van der Waals surface area contributed by atoms with E-state index in [9.17, 15) is 14.4 Å². The van der Waals surface area contributed by atoms with Crippen LogP contribution in [0.25, 0.3) is 0 Å². The van der Waals surface area contributed by atoms with Gasteiger partial charge in [-0.05, 0) is 48.4 Å². The molecule has 0 saturated heterocycles. The van der Waals surface area contributed by atoms with Gasteiger partial charge in [0.15, 0.2) is 6.61 Å². The molecule has 2 aromatic carbocycles. The maximum Gasteiger partial charge on any atom is 0.322 e. The predicted octanol–water partition coefficient (Wildman–Crippen LogP) is 1.76.